The Kier molecular flexibility index (Phi) is 6.07. The second-order valence-electron chi connectivity index (χ2n) is 5.32. The zero-order valence-corrected chi connectivity index (χ0v) is 12.5. The summed E-state index contributed by atoms with van der Waals surface area (Å²) in [6, 6.07) is 0.128. The van der Waals surface area contributed by atoms with Crippen LogP contribution in [0.15, 0.2) is 0 Å². The fraction of sp³-hybridized carbons (Fsp3) is 0.846. The number of piperazine rings is 1. The van der Waals surface area contributed by atoms with Gasteiger partial charge in [-0.15, -0.1) is 12.4 Å². The molecule has 110 valence electrons. The summed E-state index contributed by atoms with van der Waals surface area (Å²) in [6.07, 6.45) is 2.46. The third-order valence-electron chi connectivity index (χ3n) is 3.97. The lowest BCUT2D eigenvalue weighted by Crippen LogP contribution is -2.58. The molecule has 2 aliphatic heterocycles. The highest BCUT2D eigenvalue weighted by Crippen LogP contribution is 2.21. The van der Waals surface area contributed by atoms with Crippen LogP contribution in [0.4, 0.5) is 0 Å². The van der Waals surface area contributed by atoms with Crippen molar-refractivity contribution >= 4 is 24.2 Å². The molecule has 2 saturated heterocycles. The van der Waals surface area contributed by atoms with Crippen molar-refractivity contribution in [2.45, 2.75) is 45.2 Å². The van der Waals surface area contributed by atoms with Gasteiger partial charge >= 0.3 is 0 Å². The van der Waals surface area contributed by atoms with Crippen LogP contribution in [0, 0.1) is 5.92 Å². The van der Waals surface area contributed by atoms with Gasteiger partial charge in [-0.25, -0.2) is 0 Å². The Morgan fingerprint density at radius 2 is 2.16 bits per heavy atom. The Morgan fingerprint density at radius 3 is 2.79 bits per heavy atom. The molecule has 6 heteroatoms. The molecule has 0 spiro atoms. The minimum atomic E-state index is -0.267. The summed E-state index contributed by atoms with van der Waals surface area (Å²) in [5, 5.41) is 6.19. The van der Waals surface area contributed by atoms with Gasteiger partial charge in [0.2, 0.25) is 11.8 Å². The van der Waals surface area contributed by atoms with Crippen LogP contribution in [0.25, 0.3) is 0 Å². The molecule has 2 heterocycles. The first-order valence-electron chi connectivity index (χ1n) is 6.95. The van der Waals surface area contributed by atoms with E-state index in [1.54, 1.807) is 4.90 Å². The molecular formula is C13H24ClN3O2. The Balaban J connectivity index is 0.00000180. The first kappa shape index (κ1) is 16.2. The number of amides is 2. The highest BCUT2D eigenvalue weighted by molar-refractivity contribution is 5.89. The van der Waals surface area contributed by atoms with E-state index in [1.165, 1.54) is 0 Å². The first-order chi connectivity index (χ1) is 8.63. The van der Waals surface area contributed by atoms with Gasteiger partial charge in [0.05, 0.1) is 0 Å². The quantitative estimate of drug-likeness (QED) is 0.780. The summed E-state index contributed by atoms with van der Waals surface area (Å²) in [5.41, 5.74) is 0. The molecule has 0 aromatic heterocycles. The minimum Gasteiger partial charge on any atom is -0.353 e. The molecule has 0 aromatic carbocycles. The number of piperidine rings is 1. The van der Waals surface area contributed by atoms with Gasteiger partial charge < -0.3 is 15.5 Å². The molecule has 1 unspecified atom stereocenters. The zero-order chi connectivity index (χ0) is 13.1. The molecule has 0 aromatic rings. The van der Waals surface area contributed by atoms with Crippen LogP contribution in [0.1, 0.15) is 33.1 Å². The van der Waals surface area contributed by atoms with Crippen LogP contribution < -0.4 is 10.6 Å². The number of carbonyl (C=O) groups excluding carboxylic acids is 2. The van der Waals surface area contributed by atoms with Gasteiger partial charge in [0.25, 0.3) is 0 Å². The number of nitrogens with zero attached hydrogens (tertiary/aromatic N) is 1. The van der Waals surface area contributed by atoms with Gasteiger partial charge in [0, 0.05) is 25.0 Å². The molecule has 2 rings (SSSR count). The summed E-state index contributed by atoms with van der Waals surface area (Å²) < 4.78 is 0. The number of halogens is 1. The average molecular weight is 290 g/mol. The summed E-state index contributed by atoms with van der Waals surface area (Å²) in [5.74, 6) is 0.255. The largest absolute Gasteiger partial charge is 0.353 e. The molecule has 2 amide bonds. The Labute approximate surface area is 120 Å². The van der Waals surface area contributed by atoms with E-state index < -0.39 is 0 Å². The number of rotatable bonds is 2. The average Bonchev–Trinajstić information content (AvgIpc) is 2.37. The molecule has 0 bridgehead atoms. The number of hydrogen-bond donors (Lipinski definition) is 2. The van der Waals surface area contributed by atoms with Gasteiger partial charge in [-0.2, -0.15) is 0 Å². The predicted molar refractivity (Wildman–Crippen MR) is 76.2 cm³/mol. The van der Waals surface area contributed by atoms with Crippen LogP contribution >= 0.6 is 12.4 Å². The molecule has 2 N–H and O–H groups in total. The molecule has 5 nitrogen and oxygen atoms in total. The van der Waals surface area contributed by atoms with E-state index in [9.17, 15) is 9.59 Å². The Morgan fingerprint density at radius 1 is 1.42 bits per heavy atom. The molecule has 2 fully saturated rings. The maximum Gasteiger partial charge on any atom is 0.242 e. The fourth-order valence-corrected chi connectivity index (χ4v) is 2.98. The highest BCUT2D eigenvalue weighted by Gasteiger charge is 2.36. The lowest BCUT2D eigenvalue weighted by Gasteiger charge is -2.38. The third-order valence-corrected chi connectivity index (χ3v) is 3.97. The van der Waals surface area contributed by atoms with Crippen molar-refractivity contribution in [1.29, 1.82) is 0 Å². The standard InChI is InChI=1S/C13H23N3O2.ClH/c1-3-11-12(17)15-6-7-16(11)13(18)10-4-5-14-9(2)8-10;/h9-11,14H,3-8H2,1-2H3,(H,15,17);1H/t9-,10-,11?;/m0./s1. The molecule has 2 aliphatic rings. The van der Waals surface area contributed by atoms with Crippen molar-refractivity contribution in [2.75, 3.05) is 19.6 Å². The zero-order valence-electron chi connectivity index (χ0n) is 11.6. The van der Waals surface area contributed by atoms with E-state index in [4.69, 9.17) is 0 Å². The van der Waals surface area contributed by atoms with Crippen molar-refractivity contribution < 1.29 is 9.59 Å². The highest BCUT2D eigenvalue weighted by atomic mass is 35.5. The second kappa shape index (κ2) is 7.10. The van der Waals surface area contributed by atoms with Crippen molar-refractivity contribution in [3.8, 4) is 0 Å². The van der Waals surface area contributed by atoms with Crippen molar-refractivity contribution in [2.24, 2.45) is 5.92 Å². The monoisotopic (exact) mass is 289 g/mol. The van der Waals surface area contributed by atoms with Crippen LogP contribution in [-0.2, 0) is 9.59 Å². The molecule has 0 radical (unpaired) electrons. The lowest BCUT2D eigenvalue weighted by atomic mass is 9.91. The SMILES string of the molecule is CCC1C(=O)NCCN1C(=O)[C@H]1CCN[C@@H](C)C1.Cl. The van der Waals surface area contributed by atoms with E-state index >= 15 is 0 Å². The predicted octanol–water partition coefficient (Wildman–Crippen LogP) is 0.533. The summed E-state index contributed by atoms with van der Waals surface area (Å²) in [6.45, 7) is 6.21. The van der Waals surface area contributed by atoms with Crippen LogP contribution in [-0.4, -0.2) is 48.4 Å². The summed E-state index contributed by atoms with van der Waals surface area (Å²) in [4.78, 5) is 26.1. The number of carbonyl (C=O) groups is 2. The summed E-state index contributed by atoms with van der Waals surface area (Å²) in [7, 11) is 0. The number of nitrogens with one attached hydrogen (secondary N) is 2. The minimum absolute atomic E-state index is 0. The van der Waals surface area contributed by atoms with Crippen LogP contribution in [0.5, 0.6) is 0 Å². The van der Waals surface area contributed by atoms with E-state index in [1.807, 2.05) is 6.92 Å². The number of hydrogen-bond acceptors (Lipinski definition) is 3. The van der Waals surface area contributed by atoms with Gasteiger partial charge in [-0.05, 0) is 32.7 Å². The van der Waals surface area contributed by atoms with Crippen LogP contribution in [0.3, 0.4) is 0 Å². The van der Waals surface area contributed by atoms with E-state index in [-0.39, 0.29) is 36.2 Å². The van der Waals surface area contributed by atoms with Gasteiger partial charge in [0.15, 0.2) is 0 Å². The van der Waals surface area contributed by atoms with Gasteiger partial charge in [-0.1, -0.05) is 6.92 Å². The van der Waals surface area contributed by atoms with E-state index in [2.05, 4.69) is 17.6 Å². The first-order valence-corrected chi connectivity index (χ1v) is 6.95. The third kappa shape index (κ3) is 3.60. The maximum absolute atomic E-state index is 12.5. The second-order valence-corrected chi connectivity index (χ2v) is 5.32. The van der Waals surface area contributed by atoms with Gasteiger partial charge in [-0.3, -0.25) is 9.59 Å². The molecule has 19 heavy (non-hydrogen) atoms. The smallest absolute Gasteiger partial charge is 0.242 e. The van der Waals surface area contributed by atoms with Crippen LogP contribution in [0.2, 0.25) is 0 Å². The topological polar surface area (TPSA) is 61.4 Å². The fourth-order valence-electron chi connectivity index (χ4n) is 2.98. The Hall–Kier alpha value is -0.810. The molecular weight excluding hydrogens is 266 g/mol. The summed E-state index contributed by atoms with van der Waals surface area (Å²) >= 11 is 0. The normalized spacial score (nSPS) is 31.4. The van der Waals surface area contributed by atoms with Gasteiger partial charge in [0.1, 0.15) is 6.04 Å². The molecule has 3 atom stereocenters. The van der Waals surface area contributed by atoms with E-state index in [0.717, 1.165) is 19.4 Å². The molecule has 0 aliphatic carbocycles. The van der Waals surface area contributed by atoms with Crippen molar-refractivity contribution in [3.63, 3.8) is 0 Å². The lowest BCUT2D eigenvalue weighted by molar-refractivity contribution is -0.147. The maximum atomic E-state index is 12.5. The molecule has 0 saturated carbocycles. The Bertz CT molecular complexity index is 338. The van der Waals surface area contributed by atoms with E-state index in [0.29, 0.717) is 25.6 Å². The van der Waals surface area contributed by atoms with Crippen molar-refractivity contribution in [3.05, 3.63) is 0 Å². The van der Waals surface area contributed by atoms with Crippen molar-refractivity contribution in [1.82, 2.24) is 15.5 Å².